The Morgan fingerprint density at radius 3 is 2.46 bits per heavy atom. The van der Waals surface area contributed by atoms with Crippen molar-refractivity contribution < 1.29 is 4.79 Å². The minimum absolute atomic E-state index is 0.00335. The fourth-order valence-corrected chi connectivity index (χ4v) is 5.07. The number of azo groups is 1. The van der Waals surface area contributed by atoms with E-state index in [1.807, 2.05) is 0 Å². The van der Waals surface area contributed by atoms with Gasteiger partial charge in [-0.15, -0.1) is 5.11 Å². The first kappa shape index (κ1) is 14.1. The van der Waals surface area contributed by atoms with Crippen molar-refractivity contribution >= 4 is 5.78 Å². The molecule has 0 fully saturated rings. The molecule has 0 bridgehead atoms. The van der Waals surface area contributed by atoms with E-state index in [2.05, 4.69) is 53.7 Å². The molecule has 4 heteroatoms. The Hall–Kier alpha value is -2.23. The number of fused-ring (bicyclic) bond motifs is 3. The normalized spacial score (nSPS) is 25.7. The standard InChI is InChI=1S/C20H21N3O/c1-19(2)9-15-17(16(24)10-19)20(14-11-21-23-18(14)22-15)7-12-5-3-4-6-13(12)8-20/h3-6,22H,7-11H2,1-2H3. The molecule has 0 unspecified atom stereocenters. The zero-order valence-corrected chi connectivity index (χ0v) is 14.1. The number of benzene rings is 1. The maximum Gasteiger partial charge on any atom is 0.162 e. The summed E-state index contributed by atoms with van der Waals surface area (Å²) in [5.41, 5.74) is 5.82. The molecule has 1 spiro atoms. The molecule has 1 N–H and O–H groups in total. The molecule has 2 aliphatic carbocycles. The topological polar surface area (TPSA) is 53.8 Å². The highest BCUT2D eigenvalue weighted by Gasteiger charge is 2.53. The molecule has 122 valence electrons. The van der Waals surface area contributed by atoms with Crippen LogP contribution in [0, 0.1) is 10.8 Å². The number of carbonyl (C=O) groups excluding carboxylic acids is 1. The van der Waals surface area contributed by atoms with Gasteiger partial charge in [0, 0.05) is 28.7 Å². The minimum Gasteiger partial charge on any atom is -0.342 e. The second-order valence-corrected chi connectivity index (χ2v) is 8.35. The van der Waals surface area contributed by atoms with Crippen molar-refractivity contribution in [3.8, 4) is 0 Å². The molecule has 0 saturated carbocycles. The van der Waals surface area contributed by atoms with E-state index in [1.54, 1.807) is 0 Å². The highest BCUT2D eigenvalue weighted by Crippen LogP contribution is 2.56. The van der Waals surface area contributed by atoms with Gasteiger partial charge in [0.25, 0.3) is 0 Å². The summed E-state index contributed by atoms with van der Waals surface area (Å²) in [6, 6.07) is 8.59. The third-order valence-electron chi connectivity index (χ3n) is 5.99. The highest BCUT2D eigenvalue weighted by molar-refractivity contribution is 6.00. The SMILES string of the molecule is CC1(C)CC(=O)C2=C(C1)NC1=C(CN=N1)C21Cc2ccccc2C1. The van der Waals surface area contributed by atoms with Crippen molar-refractivity contribution in [3.05, 3.63) is 58.1 Å². The molecule has 2 heterocycles. The average molecular weight is 319 g/mol. The molecule has 4 aliphatic rings. The van der Waals surface area contributed by atoms with Gasteiger partial charge in [-0.3, -0.25) is 4.79 Å². The van der Waals surface area contributed by atoms with Crippen molar-refractivity contribution in [2.45, 2.75) is 39.5 Å². The first-order valence-electron chi connectivity index (χ1n) is 8.70. The van der Waals surface area contributed by atoms with Crippen molar-refractivity contribution in [3.63, 3.8) is 0 Å². The molecule has 0 saturated heterocycles. The van der Waals surface area contributed by atoms with Crippen molar-refractivity contribution in [1.29, 1.82) is 0 Å². The highest BCUT2D eigenvalue weighted by atomic mass is 16.1. The van der Waals surface area contributed by atoms with E-state index in [4.69, 9.17) is 0 Å². The van der Waals surface area contributed by atoms with E-state index in [1.165, 1.54) is 16.7 Å². The van der Waals surface area contributed by atoms with Gasteiger partial charge in [0.1, 0.15) is 0 Å². The van der Waals surface area contributed by atoms with Gasteiger partial charge in [-0.05, 0) is 35.8 Å². The maximum absolute atomic E-state index is 13.2. The fourth-order valence-electron chi connectivity index (χ4n) is 5.07. The number of hydrogen-bond donors (Lipinski definition) is 1. The van der Waals surface area contributed by atoms with Crippen LogP contribution in [0.25, 0.3) is 0 Å². The quantitative estimate of drug-likeness (QED) is 0.793. The zero-order chi connectivity index (χ0) is 16.5. The first-order valence-corrected chi connectivity index (χ1v) is 8.70. The molecular weight excluding hydrogens is 298 g/mol. The van der Waals surface area contributed by atoms with Crippen LogP contribution in [0.4, 0.5) is 0 Å². The third-order valence-corrected chi connectivity index (χ3v) is 5.99. The van der Waals surface area contributed by atoms with Gasteiger partial charge in [0.2, 0.25) is 0 Å². The molecule has 0 radical (unpaired) electrons. The van der Waals surface area contributed by atoms with Crippen LogP contribution < -0.4 is 5.32 Å². The number of rotatable bonds is 0. The van der Waals surface area contributed by atoms with Crippen molar-refractivity contribution in [2.24, 2.45) is 21.1 Å². The summed E-state index contributed by atoms with van der Waals surface area (Å²) in [5, 5.41) is 12.1. The lowest BCUT2D eigenvalue weighted by Crippen LogP contribution is -2.44. The number of allylic oxidation sites excluding steroid dienone is 2. The van der Waals surface area contributed by atoms with Gasteiger partial charge in [-0.2, -0.15) is 5.11 Å². The van der Waals surface area contributed by atoms with Gasteiger partial charge in [0.05, 0.1) is 6.54 Å². The average Bonchev–Trinajstić information content (AvgIpc) is 3.09. The molecule has 0 aromatic heterocycles. The van der Waals surface area contributed by atoms with E-state index in [9.17, 15) is 4.79 Å². The van der Waals surface area contributed by atoms with Gasteiger partial charge in [0.15, 0.2) is 11.6 Å². The Labute approximate surface area is 141 Å². The lowest BCUT2D eigenvalue weighted by Gasteiger charge is -2.43. The monoisotopic (exact) mass is 319 g/mol. The van der Waals surface area contributed by atoms with Crippen LogP contribution in [0.5, 0.6) is 0 Å². The largest absolute Gasteiger partial charge is 0.342 e. The fraction of sp³-hybridized carbons (Fsp3) is 0.450. The second-order valence-electron chi connectivity index (χ2n) is 8.35. The molecule has 5 rings (SSSR count). The lowest BCUT2D eigenvalue weighted by atomic mass is 9.62. The molecule has 4 nitrogen and oxygen atoms in total. The third kappa shape index (κ3) is 1.77. The number of dihydropyridines is 1. The molecule has 1 aromatic carbocycles. The van der Waals surface area contributed by atoms with Gasteiger partial charge in [-0.25, -0.2) is 0 Å². The van der Waals surface area contributed by atoms with Crippen molar-refractivity contribution in [2.75, 3.05) is 6.54 Å². The Morgan fingerprint density at radius 2 is 1.75 bits per heavy atom. The lowest BCUT2D eigenvalue weighted by molar-refractivity contribution is -0.119. The van der Waals surface area contributed by atoms with Crippen LogP contribution in [0.1, 0.15) is 37.8 Å². The summed E-state index contributed by atoms with van der Waals surface area (Å²) >= 11 is 0. The molecule has 24 heavy (non-hydrogen) atoms. The number of nitrogens with one attached hydrogen (secondary N) is 1. The van der Waals surface area contributed by atoms with E-state index in [0.29, 0.717) is 18.7 Å². The summed E-state index contributed by atoms with van der Waals surface area (Å²) in [6.07, 6.45) is 3.33. The summed E-state index contributed by atoms with van der Waals surface area (Å²) in [5.74, 6) is 1.20. The van der Waals surface area contributed by atoms with Crippen LogP contribution in [0.2, 0.25) is 0 Å². The maximum atomic E-state index is 13.2. The van der Waals surface area contributed by atoms with Gasteiger partial charge >= 0.3 is 0 Å². The number of hydrogen-bond acceptors (Lipinski definition) is 4. The molecule has 2 aliphatic heterocycles. The Balaban J connectivity index is 1.71. The van der Waals surface area contributed by atoms with Crippen LogP contribution in [0.15, 0.2) is 57.2 Å². The number of carbonyl (C=O) groups is 1. The predicted molar refractivity (Wildman–Crippen MR) is 91.2 cm³/mol. The van der Waals surface area contributed by atoms with Crippen LogP contribution in [-0.2, 0) is 17.6 Å². The number of nitrogens with zero attached hydrogens (tertiary/aromatic N) is 2. The zero-order valence-electron chi connectivity index (χ0n) is 14.1. The van der Waals surface area contributed by atoms with Crippen LogP contribution in [-0.4, -0.2) is 12.3 Å². The van der Waals surface area contributed by atoms with E-state index in [-0.39, 0.29) is 10.8 Å². The van der Waals surface area contributed by atoms with Crippen molar-refractivity contribution in [1.82, 2.24) is 5.32 Å². The Kier molecular flexibility index (Phi) is 2.61. The molecular formula is C20H21N3O. The smallest absolute Gasteiger partial charge is 0.162 e. The van der Waals surface area contributed by atoms with Crippen LogP contribution >= 0.6 is 0 Å². The summed E-state index contributed by atoms with van der Waals surface area (Å²) in [4.78, 5) is 13.2. The van der Waals surface area contributed by atoms with E-state index < -0.39 is 0 Å². The first-order chi connectivity index (χ1) is 11.5. The van der Waals surface area contributed by atoms with Crippen LogP contribution in [0.3, 0.4) is 0 Å². The van der Waals surface area contributed by atoms with Gasteiger partial charge < -0.3 is 5.32 Å². The predicted octanol–water partition coefficient (Wildman–Crippen LogP) is 3.70. The summed E-state index contributed by atoms with van der Waals surface area (Å²) < 4.78 is 0. The Morgan fingerprint density at radius 1 is 1.04 bits per heavy atom. The van der Waals surface area contributed by atoms with E-state index >= 15 is 0 Å². The molecule has 0 atom stereocenters. The molecule has 1 aromatic rings. The Bertz CT molecular complexity index is 848. The number of ketones is 1. The van der Waals surface area contributed by atoms with E-state index in [0.717, 1.165) is 36.4 Å². The molecule has 0 amide bonds. The second kappa shape index (κ2) is 4.44. The summed E-state index contributed by atoms with van der Waals surface area (Å²) in [6.45, 7) is 4.96. The number of Topliss-reactive ketones (excluding diaryl/α,β-unsaturated/α-hetero) is 1. The minimum atomic E-state index is -0.226. The van der Waals surface area contributed by atoms with Gasteiger partial charge in [-0.1, -0.05) is 38.1 Å². The summed E-state index contributed by atoms with van der Waals surface area (Å²) in [7, 11) is 0.